The van der Waals surface area contributed by atoms with Crippen molar-refractivity contribution in [3.63, 3.8) is 0 Å². The van der Waals surface area contributed by atoms with Crippen LogP contribution in [0.4, 0.5) is 4.39 Å². The topological polar surface area (TPSA) is 70.2 Å². The van der Waals surface area contributed by atoms with Gasteiger partial charge in [-0.1, -0.05) is 12.1 Å². The second-order valence-corrected chi connectivity index (χ2v) is 10.3. The molecule has 0 N–H and O–H groups in total. The SMILES string of the molecule is O=C(CN1CCO[C@@H](c2ccc(F)cc2)C1)N1CCN([C@@H]2CCS(=O)(=O)C2)CC1. The molecule has 0 saturated carbocycles. The molecule has 0 radical (unpaired) electrons. The molecule has 3 aliphatic rings. The van der Waals surface area contributed by atoms with Crippen molar-refractivity contribution < 1.29 is 22.3 Å². The highest BCUT2D eigenvalue weighted by molar-refractivity contribution is 7.91. The number of carbonyl (C=O) groups is 1. The molecule has 7 nitrogen and oxygen atoms in total. The van der Waals surface area contributed by atoms with E-state index in [0.29, 0.717) is 45.8 Å². The first kappa shape index (κ1) is 20.7. The minimum Gasteiger partial charge on any atom is -0.371 e. The van der Waals surface area contributed by atoms with Crippen molar-refractivity contribution in [1.82, 2.24) is 14.7 Å². The highest BCUT2D eigenvalue weighted by Crippen LogP contribution is 2.23. The lowest BCUT2D eigenvalue weighted by Gasteiger charge is -2.39. The lowest BCUT2D eigenvalue weighted by atomic mass is 10.1. The number of morpholine rings is 1. The van der Waals surface area contributed by atoms with Gasteiger partial charge in [0.2, 0.25) is 5.91 Å². The third-order valence-corrected chi connectivity index (χ3v) is 7.89. The maximum atomic E-state index is 13.1. The number of hydrogen-bond donors (Lipinski definition) is 0. The van der Waals surface area contributed by atoms with E-state index in [0.717, 1.165) is 18.7 Å². The molecule has 4 rings (SSSR count). The van der Waals surface area contributed by atoms with Crippen molar-refractivity contribution in [2.75, 3.05) is 63.9 Å². The first-order valence-electron chi connectivity index (χ1n) is 10.2. The average Bonchev–Trinajstić information content (AvgIpc) is 3.08. The van der Waals surface area contributed by atoms with E-state index in [-0.39, 0.29) is 35.4 Å². The first-order valence-corrected chi connectivity index (χ1v) is 12.0. The number of amides is 1. The number of halogens is 1. The molecule has 1 aromatic rings. The number of nitrogens with zero attached hydrogens (tertiary/aromatic N) is 3. The van der Waals surface area contributed by atoms with Gasteiger partial charge in [-0.25, -0.2) is 12.8 Å². The van der Waals surface area contributed by atoms with Crippen molar-refractivity contribution >= 4 is 15.7 Å². The fourth-order valence-electron chi connectivity index (χ4n) is 4.42. The van der Waals surface area contributed by atoms with Gasteiger partial charge in [0, 0.05) is 45.3 Å². The van der Waals surface area contributed by atoms with E-state index in [1.54, 1.807) is 12.1 Å². The normalized spacial score (nSPS) is 28.5. The molecule has 1 aromatic carbocycles. The second kappa shape index (κ2) is 8.67. The van der Waals surface area contributed by atoms with Gasteiger partial charge in [-0.15, -0.1) is 0 Å². The molecule has 9 heteroatoms. The predicted molar refractivity (Wildman–Crippen MR) is 107 cm³/mol. The number of sulfone groups is 1. The van der Waals surface area contributed by atoms with Crippen molar-refractivity contribution in [2.45, 2.75) is 18.6 Å². The largest absolute Gasteiger partial charge is 0.371 e. The quantitative estimate of drug-likeness (QED) is 0.701. The van der Waals surface area contributed by atoms with Gasteiger partial charge in [0.1, 0.15) is 5.82 Å². The molecule has 160 valence electrons. The zero-order chi connectivity index (χ0) is 20.4. The lowest BCUT2D eigenvalue weighted by molar-refractivity contribution is -0.136. The van der Waals surface area contributed by atoms with Gasteiger partial charge in [-0.05, 0) is 24.1 Å². The van der Waals surface area contributed by atoms with Gasteiger partial charge in [0.15, 0.2) is 9.84 Å². The Morgan fingerprint density at radius 2 is 1.83 bits per heavy atom. The molecule has 0 bridgehead atoms. The van der Waals surface area contributed by atoms with Crippen LogP contribution in [-0.4, -0.2) is 99.0 Å². The summed E-state index contributed by atoms with van der Waals surface area (Å²) >= 11 is 0. The van der Waals surface area contributed by atoms with Gasteiger partial charge >= 0.3 is 0 Å². The Labute approximate surface area is 171 Å². The molecule has 3 saturated heterocycles. The summed E-state index contributed by atoms with van der Waals surface area (Å²) in [5.41, 5.74) is 0.920. The molecule has 2 atom stereocenters. The maximum Gasteiger partial charge on any atom is 0.236 e. The van der Waals surface area contributed by atoms with Gasteiger partial charge in [-0.2, -0.15) is 0 Å². The first-order chi connectivity index (χ1) is 13.9. The predicted octanol–water partition coefficient (Wildman–Crippen LogP) is 0.530. The fraction of sp³-hybridized carbons (Fsp3) is 0.650. The summed E-state index contributed by atoms with van der Waals surface area (Å²) in [7, 11) is -2.89. The summed E-state index contributed by atoms with van der Waals surface area (Å²) in [5.74, 6) is 0.358. The van der Waals surface area contributed by atoms with Crippen molar-refractivity contribution in [3.05, 3.63) is 35.6 Å². The molecule has 29 heavy (non-hydrogen) atoms. The van der Waals surface area contributed by atoms with E-state index in [9.17, 15) is 17.6 Å². The van der Waals surface area contributed by atoms with Crippen LogP contribution in [0.5, 0.6) is 0 Å². The van der Waals surface area contributed by atoms with Gasteiger partial charge in [-0.3, -0.25) is 14.6 Å². The van der Waals surface area contributed by atoms with Gasteiger partial charge in [0.25, 0.3) is 0 Å². The molecular formula is C20H28FN3O4S. The molecule has 0 unspecified atom stereocenters. The highest BCUT2D eigenvalue weighted by Gasteiger charge is 2.34. The summed E-state index contributed by atoms with van der Waals surface area (Å²) in [4.78, 5) is 19.0. The van der Waals surface area contributed by atoms with Crippen LogP contribution in [0.3, 0.4) is 0 Å². The average molecular weight is 426 g/mol. The molecular weight excluding hydrogens is 397 g/mol. The number of ether oxygens (including phenoxy) is 1. The highest BCUT2D eigenvalue weighted by atomic mass is 32.2. The Bertz CT molecular complexity index is 825. The maximum absolute atomic E-state index is 13.1. The number of hydrogen-bond acceptors (Lipinski definition) is 6. The van der Waals surface area contributed by atoms with Crippen LogP contribution < -0.4 is 0 Å². The second-order valence-electron chi connectivity index (χ2n) is 8.12. The Balaban J connectivity index is 1.26. The van der Waals surface area contributed by atoms with E-state index in [1.807, 2.05) is 4.90 Å². The zero-order valence-corrected chi connectivity index (χ0v) is 17.3. The van der Waals surface area contributed by atoms with E-state index in [1.165, 1.54) is 12.1 Å². The van der Waals surface area contributed by atoms with Crippen LogP contribution in [0.15, 0.2) is 24.3 Å². The van der Waals surface area contributed by atoms with Crippen molar-refractivity contribution in [3.8, 4) is 0 Å². The smallest absolute Gasteiger partial charge is 0.236 e. The zero-order valence-electron chi connectivity index (χ0n) is 16.5. The van der Waals surface area contributed by atoms with Crippen molar-refractivity contribution in [2.24, 2.45) is 0 Å². The molecule has 3 heterocycles. The van der Waals surface area contributed by atoms with Crippen LogP contribution in [0.1, 0.15) is 18.1 Å². The summed E-state index contributed by atoms with van der Waals surface area (Å²) < 4.78 is 42.3. The lowest BCUT2D eigenvalue weighted by Crippen LogP contribution is -2.54. The Morgan fingerprint density at radius 1 is 1.10 bits per heavy atom. The molecule has 0 spiro atoms. The van der Waals surface area contributed by atoms with Gasteiger partial charge < -0.3 is 9.64 Å². The van der Waals surface area contributed by atoms with Crippen LogP contribution >= 0.6 is 0 Å². The van der Waals surface area contributed by atoms with Crippen LogP contribution in [0.2, 0.25) is 0 Å². The van der Waals surface area contributed by atoms with Crippen LogP contribution in [0, 0.1) is 5.82 Å². The molecule has 0 aliphatic carbocycles. The van der Waals surface area contributed by atoms with Gasteiger partial charge in [0.05, 0.1) is 30.8 Å². The molecule has 1 amide bonds. The third-order valence-electron chi connectivity index (χ3n) is 6.14. The summed E-state index contributed by atoms with van der Waals surface area (Å²) in [6.07, 6.45) is 0.549. The minimum atomic E-state index is -2.89. The van der Waals surface area contributed by atoms with Crippen LogP contribution in [-0.2, 0) is 19.4 Å². The monoisotopic (exact) mass is 425 g/mol. The summed E-state index contributed by atoms with van der Waals surface area (Å²) in [6, 6.07) is 6.42. The van der Waals surface area contributed by atoms with E-state index in [2.05, 4.69) is 9.80 Å². The standard InChI is InChI=1S/C20H28FN3O4S/c21-17-3-1-16(2-4-17)19-13-22(10-11-28-19)14-20(25)24-8-6-23(7-9-24)18-5-12-29(26,27)15-18/h1-4,18-19H,5-15H2/t18-,19-/m1/s1. The number of carbonyl (C=O) groups excluding carboxylic acids is 1. The number of benzene rings is 1. The Morgan fingerprint density at radius 3 is 2.48 bits per heavy atom. The third kappa shape index (κ3) is 5.14. The minimum absolute atomic E-state index is 0.100. The number of piperazine rings is 1. The molecule has 3 aliphatic heterocycles. The molecule has 0 aromatic heterocycles. The number of rotatable bonds is 4. The van der Waals surface area contributed by atoms with E-state index in [4.69, 9.17) is 4.74 Å². The van der Waals surface area contributed by atoms with Crippen molar-refractivity contribution in [1.29, 1.82) is 0 Å². The fourth-order valence-corrected chi connectivity index (χ4v) is 6.18. The summed E-state index contributed by atoms with van der Waals surface area (Å²) in [6.45, 7) is 4.93. The Kier molecular flexibility index (Phi) is 6.19. The molecule has 3 fully saturated rings. The van der Waals surface area contributed by atoms with E-state index >= 15 is 0 Å². The summed E-state index contributed by atoms with van der Waals surface area (Å²) in [5, 5.41) is 0. The Hall–Kier alpha value is -1.55. The van der Waals surface area contributed by atoms with Crippen LogP contribution in [0.25, 0.3) is 0 Å². The van der Waals surface area contributed by atoms with E-state index < -0.39 is 9.84 Å².